The van der Waals surface area contributed by atoms with E-state index in [0.29, 0.717) is 36.0 Å². The largest absolute Gasteiger partial charge is 0.493 e. The predicted molar refractivity (Wildman–Crippen MR) is 82.4 cm³/mol. The second-order valence-electron chi connectivity index (χ2n) is 4.65. The van der Waals surface area contributed by atoms with Gasteiger partial charge in [-0.25, -0.2) is 4.68 Å². The number of hydrogen-bond acceptors (Lipinski definition) is 6. The standard InChI is InChI=1S/C13H19N5O2S/c1-4-20-11-7-5-6-10(14)12(11)13-15-16-17-18(13)8-9(2)21(3)19/h5-7,9H,4,8,14H2,1-3H3. The van der Waals surface area contributed by atoms with Crippen LogP contribution in [0, 0.1) is 0 Å². The molecule has 2 aromatic rings. The van der Waals surface area contributed by atoms with Gasteiger partial charge in [0.2, 0.25) is 0 Å². The van der Waals surface area contributed by atoms with E-state index < -0.39 is 10.8 Å². The molecule has 1 aromatic carbocycles. The van der Waals surface area contributed by atoms with Crippen molar-refractivity contribution in [2.24, 2.45) is 0 Å². The highest BCUT2D eigenvalue weighted by Crippen LogP contribution is 2.33. The summed E-state index contributed by atoms with van der Waals surface area (Å²) in [5, 5.41) is 11.7. The molecule has 2 N–H and O–H groups in total. The molecule has 0 aliphatic heterocycles. The molecule has 1 aromatic heterocycles. The second-order valence-corrected chi connectivity index (χ2v) is 6.45. The maximum Gasteiger partial charge on any atom is 0.187 e. The maximum absolute atomic E-state index is 11.5. The Bertz CT molecular complexity index is 643. The van der Waals surface area contributed by atoms with E-state index in [0.717, 1.165) is 0 Å². The van der Waals surface area contributed by atoms with Gasteiger partial charge in [-0.2, -0.15) is 0 Å². The molecule has 21 heavy (non-hydrogen) atoms. The molecule has 8 heteroatoms. The first-order valence-corrected chi connectivity index (χ1v) is 8.26. The molecule has 0 bridgehead atoms. The van der Waals surface area contributed by atoms with Gasteiger partial charge in [-0.15, -0.1) is 5.10 Å². The van der Waals surface area contributed by atoms with E-state index >= 15 is 0 Å². The van der Waals surface area contributed by atoms with Crippen molar-refractivity contribution in [3.05, 3.63) is 18.2 Å². The Morgan fingerprint density at radius 3 is 2.90 bits per heavy atom. The van der Waals surface area contributed by atoms with Crippen molar-refractivity contribution in [2.75, 3.05) is 18.6 Å². The Balaban J connectivity index is 2.44. The maximum atomic E-state index is 11.5. The van der Waals surface area contributed by atoms with Gasteiger partial charge in [0.05, 0.1) is 24.0 Å². The van der Waals surface area contributed by atoms with E-state index in [4.69, 9.17) is 10.5 Å². The highest BCUT2D eigenvalue weighted by Gasteiger charge is 2.19. The second kappa shape index (κ2) is 6.66. The van der Waals surface area contributed by atoms with Crippen LogP contribution in [0.2, 0.25) is 0 Å². The van der Waals surface area contributed by atoms with E-state index in [2.05, 4.69) is 15.5 Å². The fourth-order valence-corrected chi connectivity index (χ4v) is 2.27. The van der Waals surface area contributed by atoms with Crippen LogP contribution < -0.4 is 10.5 Å². The molecular formula is C13H19N5O2S. The summed E-state index contributed by atoms with van der Waals surface area (Å²) < 4.78 is 18.7. The Morgan fingerprint density at radius 1 is 1.48 bits per heavy atom. The highest BCUT2D eigenvalue weighted by atomic mass is 32.2. The van der Waals surface area contributed by atoms with Crippen molar-refractivity contribution in [3.63, 3.8) is 0 Å². The van der Waals surface area contributed by atoms with Crippen LogP contribution in [-0.2, 0) is 17.3 Å². The number of nitrogens with two attached hydrogens (primary N) is 1. The zero-order valence-electron chi connectivity index (χ0n) is 12.3. The minimum absolute atomic E-state index is 0.0623. The van der Waals surface area contributed by atoms with Crippen LogP contribution in [0.1, 0.15) is 13.8 Å². The van der Waals surface area contributed by atoms with E-state index in [1.165, 1.54) is 0 Å². The molecule has 0 saturated heterocycles. The fraction of sp³-hybridized carbons (Fsp3) is 0.462. The number of hydrogen-bond donors (Lipinski definition) is 1. The fourth-order valence-electron chi connectivity index (χ4n) is 1.92. The lowest BCUT2D eigenvalue weighted by Crippen LogP contribution is -2.19. The zero-order valence-corrected chi connectivity index (χ0v) is 13.1. The molecule has 1 heterocycles. The third-order valence-electron chi connectivity index (χ3n) is 3.11. The van der Waals surface area contributed by atoms with Crippen molar-refractivity contribution in [3.8, 4) is 17.1 Å². The summed E-state index contributed by atoms with van der Waals surface area (Å²) in [4.78, 5) is 0. The number of benzene rings is 1. The minimum atomic E-state index is -0.953. The number of rotatable bonds is 6. The van der Waals surface area contributed by atoms with Gasteiger partial charge in [0.25, 0.3) is 0 Å². The third kappa shape index (κ3) is 3.38. The average molecular weight is 309 g/mol. The number of ether oxygens (including phenoxy) is 1. The van der Waals surface area contributed by atoms with Gasteiger partial charge in [-0.3, -0.25) is 4.21 Å². The van der Waals surface area contributed by atoms with E-state index in [1.807, 2.05) is 26.0 Å². The summed E-state index contributed by atoms with van der Waals surface area (Å²) in [7, 11) is -0.953. The normalized spacial score (nSPS) is 13.9. The van der Waals surface area contributed by atoms with Crippen molar-refractivity contribution < 1.29 is 8.95 Å². The van der Waals surface area contributed by atoms with Crippen LogP contribution in [0.5, 0.6) is 5.75 Å². The molecule has 2 rings (SSSR count). The van der Waals surface area contributed by atoms with E-state index in [9.17, 15) is 4.21 Å². The summed E-state index contributed by atoms with van der Waals surface area (Å²) in [6.45, 7) is 4.76. The van der Waals surface area contributed by atoms with Crippen LogP contribution >= 0.6 is 0 Å². The van der Waals surface area contributed by atoms with Gasteiger partial charge < -0.3 is 10.5 Å². The molecule has 2 atom stereocenters. The van der Waals surface area contributed by atoms with Gasteiger partial charge in [0.1, 0.15) is 5.75 Å². The predicted octanol–water partition coefficient (Wildman–Crippen LogP) is 1.09. The lowest BCUT2D eigenvalue weighted by molar-refractivity contribution is 0.341. The van der Waals surface area contributed by atoms with E-state index in [1.54, 1.807) is 17.0 Å². The van der Waals surface area contributed by atoms with Crippen LogP contribution in [0.3, 0.4) is 0 Å². The first kappa shape index (κ1) is 15.4. The number of nitrogens with zero attached hydrogens (tertiary/aromatic N) is 4. The Labute approximate surface area is 125 Å². The van der Waals surface area contributed by atoms with Gasteiger partial charge in [-0.05, 0) is 36.4 Å². The number of aromatic nitrogens is 4. The topological polar surface area (TPSA) is 95.9 Å². The molecule has 2 unspecified atom stereocenters. The van der Waals surface area contributed by atoms with Crippen molar-refractivity contribution in [1.82, 2.24) is 20.2 Å². The molecule has 0 saturated carbocycles. The lowest BCUT2D eigenvalue weighted by Gasteiger charge is -2.14. The molecule has 7 nitrogen and oxygen atoms in total. The summed E-state index contributed by atoms with van der Waals surface area (Å²) in [5.41, 5.74) is 7.26. The van der Waals surface area contributed by atoms with E-state index in [-0.39, 0.29) is 5.25 Å². The molecule has 0 fully saturated rings. The summed E-state index contributed by atoms with van der Waals surface area (Å²) in [6, 6.07) is 5.43. The lowest BCUT2D eigenvalue weighted by atomic mass is 10.1. The first-order valence-electron chi connectivity index (χ1n) is 6.64. The number of anilines is 1. The molecule has 114 valence electrons. The highest BCUT2D eigenvalue weighted by molar-refractivity contribution is 7.84. The molecular weight excluding hydrogens is 290 g/mol. The minimum Gasteiger partial charge on any atom is -0.493 e. The van der Waals surface area contributed by atoms with Crippen LogP contribution in [-0.4, -0.2) is 42.5 Å². The third-order valence-corrected chi connectivity index (χ3v) is 4.39. The average Bonchev–Trinajstić information content (AvgIpc) is 2.87. The smallest absolute Gasteiger partial charge is 0.187 e. The summed E-state index contributed by atoms with van der Waals surface area (Å²) >= 11 is 0. The Morgan fingerprint density at radius 2 is 2.24 bits per heavy atom. The Hall–Kier alpha value is -1.96. The monoisotopic (exact) mass is 309 g/mol. The van der Waals surface area contributed by atoms with Gasteiger partial charge in [0.15, 0.2) is 5.82 Å². The summed E-state index contributed by atoms with van der Waals surface area (Å²) in [5.74, 6) is 1.16. The first-order chi connectivity index (χ1) is 10.0. The molecule has 0 radical (unpaired) electrons. The molecule has 0 aliphatic rings. The van der Waals surface area contributed by atoms with Crippen molar-refractivity contribution in [1.29, 1.82) is 0 Å². The Kier molecular flexibility index (Phi) is 4.89. The van der Waals surface area contributed by atoms with Gasteiger partial charge >= 0.3 is 0 Å². The van der Waals surface area contributed by atoms with Crippen LogP contribution in [0.4, 0.5) is 5.69 Å². The molecule has 0 amide bonds. The van der Waals surface area contributed by atoms with Gasteiger partial charge in [0, 0.05) is 22.7 Å². The van der Waals surface area contributed by atoms with Crippen molar-refractivity contribution in [2.45, 2.75) is 25.6 Å². The number of nitrogen functional groups attached to an aromatic ring is 1. The quantitative estimate of drug-likeness (QED) is 0.802. The number of tetrazole rings is 1. The van der Waals surface area contributed by atoms with Crippen LogP contribution in [0.25, 0.3) is 11.4 Å². The SMILES string of the molecule is CCOc1cccc(N)c1-c1nnnn1CC(C)S(C)=O. The summed E-state index contributed by atoms with van der Waals surface area (Å²) in [6.07, 6.45) is 1.66. The molecule has 0 aliphatic carbocycles. The van der Waals surface area contributed by atoms with Crippen molar-refractivity contribution >= 4 is 16.5 Å². The van der Waals surface area contributed by atoms with Crippen LogP contribution in [0.15, 0.2) is 18.2 Å². The van der Waals surface area contributed by atoms with Gasteiger partial charge in [-0.1, -0.05) is 6.07 Å². The zero-order chi connectivity index (χ0) is 15.4. The molecule has 0 spiro atoms.